The molecule has 5 nitrogen and oxygen atoms in total. The summed E-state index contributed by atoms with van der Waals surface area (Å²) in [6.07, 6.45) is 1.44. The summed E-state index contributed by atoms with van der Waals surface area (Å²) in [5, 5.41) is 14.4. The highest BCUT2D eigenvalue weighted by Crippen LogP contribution is 2.41. The van der Waals surface area contributed by atoms with Gasteiger partial charge in [-0.3, -0.25) is 9.79 Å². The van der Waals surface area contributed by atoms with Crippen molar-refractivity contribution in [1.29, 1.82) is 0 Å². The summed E-state index contributed by atoms with van der Waals surface area (Å²) in [5.41, 5.74) is 5.23. The summed E-state index contributed by atoms with van der Waals surface area (Å²) in [5.74, 6) is -0.0917. The lowest BCUT2D eigenvalue weighted by Crippen LogP contribution is -2.47. The summed E-state index contributed by atoms with van der Waals surface area (Å²) >= 11 is 0. The van der Waals surface area contributed by atoms with Crippen LogP contribution in [0, 0.1) is 11.8 Å². The molecule has 5 heteroatoms. The molecule has 0 radical (unpaired) electrons. The Morgan fingerprint density at radius 1 is 1.00 bits per heavy atom. The van der Waals surface area contributed by atoms with E-state index in [1.54, 1.807) is 0 Å². The van der Waals surface area contributed by atoms with Crippen molar-refractivity contribution in [2.45, 2.75) is 44.4 Å². The van der Waals surface area contributed by atoms with Crippen LogP contribution < -0.4 is 10.2 Å². The minimum atomic E-state index is -0.689. The van der Waals surface area contributed by atoms with Crippen molar-refractivity contribution in [3.63, 3.8) is 0 Å². The number of aliphatic hydroxyl groups is 1. The largest absolute Gasteiger partial charge is 0.392 e. The van der Waals surface area contributed by atoms with E-state index in [2.05, 4.69) is 53.5 Å². The molecule has 0 bridgehead atoms. The van der Waals surface area contributed by atoms with Crippen LogP contribution in [0.1, 0.15) is 48.8 Å². The van der Waals surface area contributed by atoms with Crippen LogP contribution in [0.3, 0.4) is 0 Å². The highest BCUT2D eigenvalue weighted by Gasteiger charge is 2.42. The summed E-state index contributed by atoms with van der Waals surface area (Å²) in [7, 11) is 2.04. The van der Waals surface area contributed by atoms with E-state index in [1.807, 2.05) is 55.6 Å². The van der Waals surface area contributed by atoms with Gasteiger partial charge in [-0.05, 0) is 42.7 Å². The Morgan fingerprint density at radius 3 is 2.33 bits per heavy atom. The first kappa shape index (κ1) is 24.3. The van der Waals surface area contributed by atoms with Crippen molar-refractivity contribution in [3.8, 4) is 0 Å². The minimum absolute atomic E-state index is 0.0919. The van der Waals surface area contributed by atoms with Gasteiger partial charge in [-0.2, -0.15) is 0 Å². The lowest BCUT2D eigenvalue weighted by atomic mass is 9.86. The van der Waals surface area contributed by atoms with E-state index in [9.17, 15) is 9.90 Å². The number of benzene rings is 3. The fourth-order valence-corrected chi connectivity index (χ4v) is 5.38. The van der Waals surface area contributed by atoms with Crippen molar-refractivity contribution < 1.29 is 9.90 Å². The van der Waals surface area contributed by atoms with Gasteiger partial charge in [0, 0.05) is 23.9 Å². The number of carbonyl (C=O) groups excluding carboxylic acids is 1. The number of carbonyl (C=O) groups is 1. The van der Waals surface area contributed by atoms with Gasteiger partial charge in [0.25, 0.3) is 0 Å². The topological polar surface area (TPSA) is 64.9 Å². The molecule has 186 valence electrons. The monoisotopic (exact) mass is 481 g/mol. The molecule has 0 unspecified atom stereocenters. The average molecular weight is 482 g/mol. The Labute approximate surface area is 213 Å². The molecular weight excluding hydrogens is 446 g/mol. The molecule has 0 aromatic heterocycles. The van der Waals surface area contributed by atoms with Crippen LogP contribution in [-0.4, -0.2) is 42.6 Å². The SMILES string of the molecule is C[C@H](C[C@@H](O)[C@H](C(=O)N[C@H]1CN(C)c2ccccc2C(c2ccccc2)=N1)C1CC1)c1ccccc1. The predicted octanol–water partition coefficient (Wildman–Crippen LogP) is 5.00. The summed E-state index contributed by atoms with van der Waals surface area (Å²) in [6.45, 7) is 2.68. The summed E-state index contributed by atoms with van der Waals surface area (Å²) in [4.78, 5) is 20.8. The molecule has 1 heterocycles. The predicted molar refractivity (Wildman–Crippen MR) is 145 cm³/mol. The fourth-order valence-electron chi connectivity index (χ4n) is 5.38. The normalized spacial score (nSPS) is 19.9. The third kappa shape index (κ3) is 5.36. The first-order valence-corrected chi connectivity index (χ1v) is 13.0. The number of rotatable bonds is 8. The lowest BCUT2D eigenvalue weighted by Gasteiger charge is -2.27. The van der Waals surface area contributed by atoms with Crippen molar-refractivity contribution in [2.75, 3.05) is 18.5 Å². The van der Waals surface area contributed by atoms with Crippen LogP contribution in [0.4, 0.5) is 5.69 Å². The zero-order chi connectivity index (χ0) is 25.1. The van der Waals surface area contributed by atoms with Gasteiger partial charge in [0.1, 0.15) is 6.17 Å². The van der Waals surface area contributed by atoms with Gasteiger partial charge in [-0.25, -0.2) is 0 Å². The van der Waals surface area contributed by atoms with E-state index in [0.717, 1.165) is 35.4 Å². The number of para-hydroxylation sites is 1. The van der Waals surface area contributed by atoms with Gasteiger partial charge >= 0.3 is 0 Å². The summed E-state index contributed by atoms with van der Waals surface area (Å²) < 4.78 is 0. The molecule has 3 aromatic carbocycles. The molecule has 3 aromatic rings. The Kier molecular flexibility index (Phi) is 7.19. The van der Waals surface area contributed by atoms with Crippen LogP contribution >= 0.6 is 0 Å². The number of hydrogen-bond donors (Lipinski definition) is 2. The smallest absolute Gasteiger partial charge is 0.227 e. The second kappa shape index (κ2) is 10.7. The van der Waals surface area contributed by atoms with Gasteiger partial charge in [0.05, 0.1) is 24.3 Å². The average Bonchev–Trinajstić information content (AvgIpc) is 3.74. The molecule has 4 atom stereocenters. The zero-order valence-electron chi connectivity index (χ0n) is 21.0. The van der Waals surface area contributed by atoms with E-state index >= 15 is 0 Å². The van der Waals surface area contributed by atoms with Gasteiger partial charge in [-0.15, -0.1) is 0 Å². The molecule has 1 amide bonds. The first-order chi connectivity index (χ1) is 17.5. The molecule has 1 saturated carbocycles. The Balaban J connectivity index is 1.37. The third-order valence-corrected chi connectivity index (χ3v) is 7.47. The lowest BCUT2D eigenvalue weighted by molar-refractivity contribution is -0.130. The van der Waals surface area contributed by atoms with Crippen molar-refractivity contribution in [1.82, 2.24) is 5.32 Å². The maximum absolute atomic E-state index is 13.6. The number of benzodiazepines with no additional fused rings is 1. The molecule has 0 spiro atoms. The highest BCUT2D eigenvalue weighted by atomic mass is 16.3. The number of hydrogen-bond acceptors (Lipinski definition) is 4. The number of aliphatic hydroxyl groups excluding tert-OH is 1. The van der Waals surface area contributed by atoms with E-state index in [1.165, 1.54) is 5.56 Å². The van der Waals surface area contributed by atoms with Crippen molar-refractivity contribution >= 4 is 17.3 Å². The van der Waals surface area contributed by atoms with Gasteiger partial charge in [0.15, 0.2) is 0 Å². The number of nitrogens with one attached hydrogen (secondary N) is 1. The molecular formula is C31H35N3O2. The third-order valence-electron chi connectivity index (χ3n) is 7.47. The second-order valence-corrected chi connectivity index (χ2v) is 10.2. The Bertz CT molecular complexity index is 1210. The molecule has 0 saturated heterocycles. The number of amides is 1. The maximum atomic E-state index is 13.6. The van der Waals surface area contributed by atoms with Crippen molar-refractivity contribution in [3.05, 3.63) is 102 Å². The van der Waals surface area contributed by atoms with E-state index < -0.39 is 18.2 Å². The van der Waals surface area contributed by atoms with Crippen LogP contribution in [0.25, 0.3) is 0 Å². The quantitative estimate of drug-likeness (QED) is 0.476. The number of fused-ring (bicyclic) bond motifs is 1. The zero-order valence-corrected chi connectivity index (χ0v) is 21.0. The first-order valence-electron chi connectivity index (χ1n) is 13.0. The molecule has 2 N–H and O–H groups in total. The highest BCUT2D eigenvalue weighted by molar-refractivity contribution is 6.16. The molecule has 5 rings (SSSR count). The Morgan fingerprint density at radius 2 is 1.64 bits per heavy atom. The van der Waals surface area contributed by atoms with Crippen LogP contribution in [0.15, 0.2) is 89.9 Å². The van der Waals surface area contributed by atoms with Crippen LogP contribution in [0.5, 0.6) is 0 Å². The Hall–Kier alpha value is -3.44. The number of aliphatic imine (C=N–C) groups is 1. The van der Waals surface area contributed by atoms with Gasteiger partial charge < -0.3 is 15.3 Å². The number of nitrogens with zero attached hydrogens (tertiary/aromatic N) is 2. The van der Waals surface area contributed by atoms with E-state index in [4.69, 9.17) is 4.99 Å². The van der Waals surface area contributed by atoms with Crippen LogP contribution in [-0.2, 0) is 4.79 Å². The van der Waals surface area contributed by atoms with Gasteiger partial charge in [0.2, 0.25) is 5.91 Å². The summed E-state index contributed by atoms with van der Waals surface area (Å²) in [6, 6.07) is 28.6. The van der Waals surface area contributed by atoms with Gasteiger partial charge in [-0.1, -0.05) is 85.8 Å². The number of anilines is 1. The molecule has 1 aliphatic heterocycles. The number of likely N-dealkylation sites (N-methyl/N-ethyl adjacent to an activating group) is 1. The molecule has 36 heavy (non-hydrogen) atoms. The molecule has 1 fully saturated rings. The fraction of sp³-hybridized carbons (Fsp3) is 0.355. The maximum Gasteiger partial charge on any atom is 0.227 e. The molecule has 1 aliphatic carbocycles. The standard InChI is InChI=1S/C31H35N3O2/c1-21(22-11-5-3-6-12-22)19-27(35)29(23-17-18-23)31(36)33-28-20-34(2)26-16-10-9-15-25(26)30(32-28)24-13-7-4-8-14-24/h3-16,21,23,27-29,35H,17-20H2,1-2H3,(H,33,36)/t21-,27-,28+,29-/m1/s1. The van der Waals surface area contributed by atoms with Crippen molar-refractivity contribution in [2.24, 2.45) is 16.8 Å². The minimum Gasteiger partial charge on any atom is -0.392 e. The second-order valence-electron chi connectivity index (χ2n) is 10.2. The van der Waals surface area contributed by atoms with Crippen LogP contribution in [0.2, 0.25) is 0 Å². The molecule has 2 aliphatic rings. The van der Waals surface area contributed by atoms with E-state index in [-0.39, 0.29) is 17.7 Å². The van der Waals surface area contributed by atoms with E-state index in [0.29, 0.717) is 13.0 Å².